The third kappa shape index (κ3) is 3.12. The third-order valence-electron chi connectivity index (χ3n) is 3.69. The van der Waals surface area contributed by atoms with Gasteiger partial charge in [0.25, 0.3) is 0 Å². The van der Waals surface area contributed by atoms with Crippen molar-refractivity contribution in [2.45, 2.75) is 31.2 Å². The van der Waals surface area contributed by atoms with Gasteiger partial charge in [0, 0.05) is 12.2 Å². The summed E-state index contributed by atoms with van der Waals surface area (Å²) in [5.74, 6) is 0. The predicted octanol–water partition coefficient (Wildman–Crippen LogP) is 1.90. The Balaban J connectivity index is 2.39. The van der Waals surface area contributed by atoms with E-state index in [0.29, 0.717) is 18.7 Å². The van der Waals surface area contributed by atoms with Crippen molar-refractivity contribution in [3.05, 3.63) is 29.3 Å². The maximum atomic E-state index is 13.0. The third-order valence-corrected chi connectivity index (χ3v) is 3.69. The number of nitrogens with zero attached hydrogens (tertiary/aromatic N) is 2. The van der Waals surface area contributed by atoms with Crippen LogP contribution < -0.4 is 4.90 Å². The summed E-state index contributed by atoms with van der Waals surface area (Å²) in [5.41, 5.74) is -1.10. The summed E-state index contributed by atoms with van der Waals surface area (Å²) in [5, 5.41) is 27.6. The minimum absolute atomic E-state index is 0.302. The van der Waals surface area contributed by atoms with Crippen LogP contribution in [0.25, 0.3) is 0 Å². The molecule has 1 saturated heterocycles. The average molecular weight is 300 g/mol. The number of halogens is 3. The highest BCUT2D eigenvalue weighted by Crippen LogP contribution is 2.36. The molecule has 4 nitrogen and oxygen atoms in total. The van der Waals surface area contributed by atoms with Gasteiger partial charge in [0.15, 0.2) is 0 Å². The van der Waals surface area contributed by atoms with E-state index in [9.17, 15) is 18.3 Å². The zero-order valence-electron chi connectivity index (χ0n) is 11.1. The molecule has 1 aliphatic heterocycles. The quantitative estimate of drug-likeness (QED) is 0.894. The van der Waals surface area contributed by atoms with E-state index in [1.807, 2.05) is 0 Å². The highest BCUT2D eigenvalue weighted by Gasteiger charge is 2.36. The normalized spacial score (nSPS) is 20.4. The lowest BCUT2D eigenvalue weighted by Crippen LogP contribution is -2.41. The molecule has 21 heavy (non-hydrogen) atoms. The van der Waals surface area contributed by atoms with Gasteiger partial charge < -0.3 is 15.1 Å². The highest BCUT2D eigenvalue weighted by atomic mass is 19.4. The fourth-order valence-electron chi connectivity index (χ4n) is 2.68. The molecule has 1 unspecified atom stereocenters. The monoisotopic (exact) mass is 300 g/mol. The molecule has 1 heterocycles. The number of anilines is 1. The largest absolute Gasteiger partial charge is 0.417 e. The van der Waals surface area contributed by atoms with Gasteiger partial charge in [-0.15, -0.1) is 0 Å². The minimum atomic E-state index is -4.61. The molecule has 0 spiro atoms. The lowest BCUT2D eigenvalue weighted by molar-refractivity contribution is -0.137. The number of nitriles is 1. The molecule has 2 atom stereocenters. The predicted molar refractivity (Wildman–Crippen MR) is 69.6 cm³/mol. The number of rotatable bonds is 3. The van der Waals surface area contributed by atoms with E-state index in [1.54, 1.807) is 4.90 Å². The summed E-state index contributed by atoms with van der Waals surface area (Å²) >= 11 is 0. The second-order valence-corrected chi connectivity index (χ2v) is 4.99. The molecule has 2 rings (SSSR count). The van der Waals surface area contributed by atoms with Gasteiger partial charge >= 0.3 is 6.18 Å². The smallest absolute Gasteiger partial charge is 0.394 e. The molecule has 0 bridgehead atoms. The Kier molecular flexibility index (Phi) is 4.40. The standard InChI is InChI=1S/C14H15F3N2O2/c15-14(16,17)11-6-10(4-3-9(11)7-18)19-5-1-2-12(19)13(21)8-20/h3-4,6,12-13,20-21H,1-2,5,8H2/t12-,13?/m1/s1. The Morgan fingerprint density at radius 2 is 2.14 bits per heavy atom. The molecule has 0 aliphatic carbocycles. The van der Waals surface area contributed by atoms with Gasteiger partial charge in [-0.05, 0) is 31.0 Å². The van der Waals surface area contributed by atoms with E-state index < -0.39 is 36.1 Å². The SMILES string of the molecule is N#Cc1ccc(N2CCC[C@@H]2C(O)CO)cc1C(F)(F)F. The Hall–Kier alpha value is -1.78. The van der Waals surface area contributed by atoms with Gasteiger partial charge in [0.05, 0.1) is 35.9 Å². The zero-order valence-corrected chi connectivity index (χ0v) is 11.1. The van der Waals surface area contributed by atoms with Gasteiger partial charge in [-0.25, -0.2) is 0 Å². The van der Waals surface area contributed by atoms with E-state index in [1.165, 1.54) is 12.1 Å². The van der Waals surface area contributed by atoms with Crippen LogP contribution in [0.15, 0.2) is 18.2 Å². The van der Waals surface area contributed by atoms with E-state index in [0.717, 1.165) is 18.6 Å². The van der Waals surface area contributed by atoms with Crippen molar-refractivity contribution in [2.75, 3.05) is 18.1 Å². The zero-order chi connectivity index (χ0) is 15.6. The van der Waals surface area contributed by atoms with E-state index in [-0.39, 0.29) is 0 Å². The molecule has 114 valence electrons. The molecular weight excluding hydrogens is 285 g/mol. The number of hydrogen-bond acceptors (Lipinski definition) is 4. The lowest BCUT2D eigenvalue weighted by Gasteiger charge is -2.30. The van der Waals surface area contributed by atoms with E-state index >= 15 is 0 Å². The van der Waals surface area contributed by atoms with E-state index in [2.05, 4.69) is 0 Å². The highest BCUT2D eigenvalue weighted by molar-refractivity contribution is 5.56. The Morgan fingerprint density at radius 1 is 1.43 bits per heavy atom. The summed E-state index contributed by atoms with van der Waals surface area (Å²) in [6.07, 6.45) is -4.28. The van der Waals surface area contributed by atoms with Gasteiger partial charge in [-0.2, -0.15) is 18.4 Å². The van der Waals surface area contributed by atoms with Gasteiger partial charge in [0.1, 0.15) is 0 Å². The molecule has 0 saturated carbocycles. The number of benzene rings is 1. The Bertz CT molecular complexity index is 554. The molecule has 0 amide bonds. The summed E-state index contributed by atoms with van der Waals surface area (Å²) in [4.78, 5) is 1.65. The summed E-state index contributed by atoms with van der Waals surface area (Å²) in [6.45, 7) is 0.0640. The van der Waals surface area contributed by atoms with Crippen LogP contribution in [0.5, 0.6) is 0 Å². The fourth-order valence-corrected chi connectivity index (χ4v) is 2.68. The molecule has 1 aromatic rings. The molecule has 0 aromatic heterocycles. The average Bonchev–Trinajstić information content (AvgIpc) is 2.94. The molecule has 0 radical (unpaired) electrons. The van der Waals surface area contributed by atoms with Crippen molar-refractivity contribution >= 4 is 5.69 Å². The first kappa shape index (κ1) is 15.6. The molecule has 1 aliphatic rings. The van der Waals surface area contributed by atoms with Crippen molar-refractivity contribution in [1.82, 2.24) is 0 Å². The van der Waals surface area contributed by atoms with Crippen LogP contribution in [0.4, 0.5) is 18.9 Å². The molecular formula is C14H15F3N2O2. The van der Waals surface area contributed by atoms with Crippen LogP contribution in [-0.2, 0) is 6.18 Å². The maximum Gasteiger partial charge on any atom is 0.417 e. The van der Waals surface area contributed by atoms with Crippen LogP contribution in [0.1, 0.15) is 24.0 Å². The first-order valence-corrected chi connectivity index (χ1v) is 6.55. The van der Waals surface area contributed by atoms with Crippen molar-refractivity contribution in [3.63, 3.8) is 0 Å². The maximum absolute atomic E-state index is 13.0. The second-order valence-electron chi connectivity index (χ2n) is 4.99. The molecule has 7 heteroatoms. The Morgan fingerprint density at radius 3 is 2.71 bits per heavy atom. The van der Waals surface area contributed by atoms with Gasteiger partial charge in [-0.1, -0.05) is 0 Å². The van der Waals surface area contributed by atoms with Crippen LogP contribution in [0, 0.1) is 11.3 Å². The van der Waals surface area contributed by atoms with Crippen molar-refractivity contribution in [2.24, 2.45) is 0 Å². The van der Waals surface area contributed by atoms with Crippen molar-refractivity contribution < 1.29 is 23.4 Å². The number of alkyl halides is 3. The first-order valence-electron chi connectivity index (χ1n) is 6.55. The van der Waals surface area contributed by atoms with Crippen molar-refractivity contribution in [3.8, 4) is 6.07 Å². The molecule has 1 fully saturated rings. The number of aliphatic hydroxyl groups excluding tert-OH is 2. The first-order chi connectivity index (χ1) is 9.88. The van der Waals surface area contributed by atoms with Crippen molar-refractivity contribution in [1.29, 1.82) is 5.26 Å². The molecule has 2 N–H and O–H groups in total. The minimum Gasteiger partial charge on any atom is -0.394 e. The second kappa shape index (κ2) is 5.92. The van der Waals surface area contributed by atoms with Crippen LogP contribution in [-0.4, -0.2) is 35.5 Å². The van der Waals surface area contributed by atoms with E-state index in [4.69, 9.17) is 10.4 Å². The van der Waals surface area contributed by atoms with Crippen LogP contribution in [0.2, 0.25) is 0 Å². The summed E-state index contributed by atoms with van der Waals surface area (Å²) in [7, 11) is 0. The topological polar surface area (TPSA) is 67.5 Å². The van der Waals surface area contributed by atoms with Crippen LogP contribution >= 0.6 is 0 Å². The summed E-state index contributed by atoms with van der Waals surface area (Å²) < 4.78 is 38.9. The van der Waals surface area contributed by atoms with Crippen LogP contribution in [0.3, 0.4) is 0 Å². The number of aliphatic hydroxyl groups is 2. The van der Waals surface area contributed by atoms with Gasteiger partial charge in [-0.3, -0.25) is 0 Å². The molecule has 1 aromatic carbocycles. The van der Waals surface area contributed by atoms with Gasteiger partial charge in [0.2, 0.25) is 0 Å². The number of hydrogen-bond donors (Lipinski definition) is 2. The lowest BCUT2D eigenvalue weighted by atomic mass is 10.0. The summed E-state index contributed by atoms with van der Waals surface area (Å²) in [6, 6.07) is 4.63. The fraction of sp³-hybridized carbons (Fsp3) is 0.500. The Labute approximate surface area is 120 Å².